The van der Waals surface area contributed by atoms with Crippen molar-refractivity contribution in [1.29, 1.82) is 0 Å². The Morgan fingerprint density at radius 2 is 2.04 bits per heavy atom. The van der Waals surface area contributed by atoms with Gasteiger partial charge >= 0.3 is 6.09 Å². The molecule has 1 fully saturated rings. The van der Waals surface area contributed by atoms with Crippen LogP contribution in [0.1, 0.15) is 44.5 Å². The van der Waals surface area contributed by atoms with Gasteiger partial charge in [0.25, 0.3) is 0 Å². The van der Waals surface area contributed by atoms with Crippen LogP contribution in [0.4, 0.5) is 4.79 Å². The van der Waals surface area contributed by atoms with Gasteiger partial charge in [0.2, 0.25) is 0 Å². The zero-order chi connectivity index (χ0) is 17.3. The van der Waals surface area contributed by atoms with E-state index in [1.165, 1.54) is 0 Å². The number of thiophene rings is 1. The molecule has 0 saturated carbocycles. The van der Waals surface area contributed by atoms with Crippen molar-refractivity contribution in [3.8, 4) is 10.6 Å². The van der Waals surface area contributed by atoms with Crippen molar-refractivity contribution in [2.24, 2.45) is 0 Å². The Kier molecular flexibility index (Phi) is 5.18. The molecule has 1 amide bonds. The molecule has 0 aliphatic carbocycles. The Morgan fingerprint density at radius 3 is 2.62 bits per heavy atom. The molecule has 1 aliphatic heterocycles. The fraction of sp³-hybridized carbons (Fsp3) is 0.529. The van der Waals surface area contributed by atoms with Crippen molar-refractivity contribution in [2.45, 2.75) is 45.1 Å². The minimum absolute atomic E-state index is 0.214. The van der Waals surface area contributed by atoms with Crippen molar-refractivity contribution >= 4 is 40.4 Å². The third kappa shape index (κ3) is 4.29. The van der Waals surface area contributed by atoms with E-state index in [1.807, 2.05) is 32.9 Å². The van der Waals surface area contributed by atoms with E-state index in [2.05, 4.69) is 5.38 Å². The summed E-state index contributed by atoms with van der Waals surface area (Å²) in [5.74, 6) is 0.415. The summed E-state index contributed by atoms with van der Waals surface area (Å²) in [4.78, 5) is 19.8. The maximum atomic E-state index is 12.1. The van der Waals surface area contributed by atoms with E-state index in [4.69, 9.17) is 21.3 Å². The van der Waals surface area contributed by atoms with Gasteiger partial charge in [0, 0.05) is 24.4 Å². The minimum Gasteiger partial charge on any atom is -0.444 e. The average Bonchev–Trinajstić information content (AvgIpc) is 3.14. The number of carbonyl (C=O) groups excluding carboxylic acids is 1. The van der Waals surface area contributed by atoms with Gasteiger partial charge in [-0.15, -0.1) is 22.7 Å². The second kappa shape index (κ2) is 7.02. The van der Waals surface area contributed by atoms with E-state index >= 15 is 0 Å². The first-order chi connectivity index (χ1) is 11.3. The zero-order valence-corrected chi connectivity index (χ0v) is 16.4. The first-order valence-corrected chi connectivity index (χ1v) is 10.1. The molecule has 7 heteroatoms. The van der Waals surface area contributed by atoms with E-state index in [-0.39, 0.29) is 6.09 Å². The second-order valence-electron chi connectivity index (χ2n) is 6.92. The Labute approximate surface area is 155 Å². The lowest BCUT2D eigenvalue weighted by atomic mass is 9.98. The highest BCUT2D eigenvalue weighted by Crippen LogP contribution is 2.36. The molecule has 3 rings (SSSR count). The number of piperidine rings is 1. The summed E-state index contributed by atoms with van der Waals surface area (Å²) in [6, 6.07) is 3.91. The van der Waals surface area contributed by atoms with Crippen LogP contribution in [-0.2, 0) is 4.74 Å². The van der Waals surface area contributed by atoms with Gasteiger partial charge in [0.05, 0.1) is 19.9 Å². The van der Waals surface area contributed by atoms with Crippen molar-refractivity contribution in [3.63, 3.8) is 0 Å². The Hall–Kier alpha value is -1.11. The number of nitrogens with zero attached hydrogens (tertiary/aromatic N) is 2. The van der Waals surface area contributed by atoms with E-state index in [0.29, 0.717) is 5.92 Å². The molecule has 130 valence electrons. The van der Waals surface area contributed by atoms with Gasteiger partial charge in [-0.1, -0.05) is 11.6 Å². The lowest BCUT2D eigenvalue weighted by Crippen LogP contribution is -2.41. The summed E-state index contributed by atoms with van der Waals surface area (Å²) in [6.07, 6.45) is 1.64. The summed E-state index contributed by atoms with van der Waals surface area (Å²) in [5.41, 5.74) is 0.557. The minimum atomic E-state index is -0.444. The summed E-state index contributed by atoms with van der Waals surface area (Å²) in [5, 5.41) is 3.25. The third-order valence-electron chi connectivity index (χ3n) is 3.84. The molecule has 0 N–H and O–H groups in total. The van der Waals surface area contributed by atoms with Gasteiger partial charge in [0.15, 0.2) is 0 Å². The lowest BCUT2D eigenvalue weighted by molar-refractivity contribution is 0.0205. The maximum absolute atomic E-state index is 12.1. The highest BCUT2D eigenvalue weighted by molar-refractivity contribution is 7.19. The number of hydrogen-bond donors (Lipinski definition) is 0. The molecule has 1 aliphatic rings. The average molecular weight is 385 g/mol. The van der Waals surface area contributed by atoms with Crippen LogP contribution in [0.15, 0.2) is 17.5 Å². The maximum Gasteiger partial charge on any atom is 0.410 e. The molecule has 4 nitrogen and oxygen atoms in total. The summed E-state index contributed by atoms with van der Waals surface area (Å²) < 4.78 is 6.23. The molecule has 0 bridgehead atoms. The molecule has 2 aromatic heterocycles. The highest BCUT2D eigenvalue weighted by atomic mass is 35.5. The van der Waals surface area contributed by atoms with Crippen LogP contribution in [0.2, 0.25) is 4.34 Å². The van der Waals surface area contributed by atoms with E-state index in [9.17, 15) is 4.79 Å². The number of halogens is 1. The van der Waals surface area contributed by atoms with Crippen LogP contribution in [0.5, 0.6) is 0 Å². The normalized spacial score (nSPS) is 16.4. The topological polar surface area (TPSA) is 42.4 Å². The SMILES string of the molecule is CC(C)(C)OC(=O)N1CCC(c2nc(-c3ccc(Cl)s3)cs2)CC1. The molecule has 0 spiro atoms. The van der Waals surface area contributed by atoms with Crippen LogP contribution in [-0.4, -0.2) is 34.7 Å². The van der Waals surface area contributed by atoms with Crippen LogP contribution in [0, 0.1) is 0 Å². The lowest BCUT2D eigenvalue weighted by Gasteiger charge is -2.32. The van der Waals surface area contributed by atoms with Gasteiger partial charge in [0.1, 0.15) is 5.60 Å². The smallest absolute Gasteiger partial charge is 0.410 e. The number of hydrogen-bond acceptors (Lipinski definition) is 5. The Bertz CT molecular complexity index is 712. The number of ether oxygens (including phenoxy) is 1. The quantitative estimate of drug-likeness (QED) is 0.672. The number of amides is 1. The largest absolute Gasteiger partial charge is 0.444 e. The first kappa shape index (κ1) is 17.7. The third-order valence-corrected chi connectivity index (χ3v) is 6.10. The number of thiazole rings is 1. The molecule has 1 saturated heterocycles. The zero-order valence-electron chi connectivity index (χ0n) is 14.0. The summed E-state index contributed by atoms with van der Waals surface area (Å²) in [7, 11) is 0. The second-order valence-corrected chi connectivity index (χ2v) is 9.52. The van der Waals surface area contributed by atoms with Crippen molar-refractivity contribution in [3.05, 3.63) is 26.9 Å². The number of rotatable bonds is 2. The van der Waals surface area contributed by atoms with Gasteiger partial charge in [-0.25, -0.2) is 9.78 Å². The standard InChI is InChI=1S/C17H21ClN2O2S2/c1-17(2,3)22-16(21)20-8-6-11(7-9-20)15-19-12(10-23-15)13-4-5-14(18)24-13/h4-5,10-11H,6-9H2,1-3H3. The first-order valence-electron chi connectivity index (χ1n) is 8.01. The van der Waals surface area contributed by atoms with E-state index in [1.54, 1.807) is 27.6 Å². The van der Waals surface area contributed by atoms with Gasteiger partial charge < -0.3 is 9.64 Å². The van der Waals surface area contributed by atoms with Crippen molar-refractivity contribution in [2.75, 3.05) is 13.1 Å². The highest BCUT2D eigenvalue weighted by Gasteiger charge is 2.28. The number of likely N-dealkylation sites (tertiary alicyclic amines) is 1. The number of carbonyl (C=O) groups is 1. The Morgan fingerprint density at radius 1 is 1.33 bits per heavy atom. The molecule has 0 atom stereocenters. The molecule has 24 heavy (non-hydrogen) atoms. The molecule has 0 radical (unpaired) electrons. The van der Waals surface area contributed by atoms with Crippen LogP contribution >= 0.6 is 34.3 Å². The van der Waals surface area contributed by atoms with E-state index < -0.39 is 5.60 Å². The van der Waals surface area contributed by atoms with Crippen LogP contribution in [0.25, 0.3) is 10.6 Å². The Balaban J connectivity index is 1.59. The number of aromatic nitrogens is 1. The summed E-state index contributed by atoms with van der Waals surface area (Å²) >= 11 is 9.25. The molecule has 0 aromatic carbocycles. The van der Waals surface area contributed by atoms with Gasteiger partial charge in [-0.3, -0.25) is 0 Å². The predicted octanol–water partition coefficient (Wildman–Crippen LogP) is 5.64. The molecular weight excluding hydrogens is 364 g/mol. The van der Waals surface area contributed by atoms with Gasteiger partial charge in [-0.05, 0) is 45.7 Å². The molecule has 0 unspecified atom stereocenters. The fourth-order valence-electron chi connectivity index (χ4n) is 2.68. The fourth-order valence-corrected chi connectivity index (χ4v) is 4.75. The van der Waals surface area contributed by atoms with Gasteiger partial charge in [-0.2, -0.15) is 0 Å². The monoisotopic (exact) mass is 384 g/mol. The molecule has 3 heterocycles. The molecule has 2 aromatic rings. The van der Waals surface area contributed by atoms with Crippen molar-refractivity contribution < 1.29 is 9.53 Å². The predicted molar refractivity (Wildman–Crippen MR) is 100 cm³/mol. The summed E-state index contributed by atoms with van der Waals surface area (Å²) in [6.45, 7) is 7.13. The van der Waals surface area contributed by atoms with Crippen molar-refractivity contribution in [1.82, 2.24) is 9.88 Å². The molecular formula is C17H21ClN2O2S2. The van der Waals surface area contributed by atoms with Crippen LogP contribution in [0.3, 0.4) is 0 Å². The van der Waals surface area contributed by atoms with Crippen LogP contribution < -0.4 is 0 Å². The van der Waals surface area contributed by atoms with E-state index in [0.717, 1.165) is 45.8 Å².